The molecule has 2 heterocycles. The number of allylic oxidation sites excluding steroid dienone is 1. The van der Waals surface area contributed by atoms with Gasteiger partial charge in [0, 0.05) is 5.56 Å². The molecule has 0 spiro atoms. The van der Waals surface area contributed by atoms with Gasteiger partial charge in [0.2, 0.25) is 0 Å². The Kier molecular flexibility index (Phi) is 8.21. The van der Waals surface area contributed by atoms with Gasteiger partial charge in [-0.15, -0.1) is 0 Å². The largest absolute Gasteiger partial charge is 0.496 e. The molecular weight excluding hydrogens is 536 g/mol. The van der Waals surface area contributed by atoms with Crippen LogP contribution in [0.1, 0.15) is 47.7 Å². The molecule has 0 bridgehead atoms. The topological polar surface area (TPSA) is 79.1 Å². The minimum Gasteiger partial charge on any atom is -0.496 e. The number of hydrogen-bond donors (Lipinski definition) is 0. The van der Waals surface area contributed by atoms with Crippen molar-refractivity contribution in [1.29, 1.82) is 0 Å². The Bertz CT molecular complexity index is 1800. The highest BCUT2D eigenvalue weighted by Crippen LogP contribution is 2.30. The second-order valence-corrected chi connectivity index (χ2v) is 10.9. The van der Waals surface area contributed by atoms with Crippen molar-refractivity contribution in [2.24, 2.45) is 4.99 Å². The number of ether oxygens (including phenoxy) is 3. The van der Waals surface area contributed by atoms with Crippen molar-refractivity contribution in [3.63, 3.8) is 0 Å². The van der Waals surface area contributed by atoms with E-state index in [1.807, 2.05) is 80.6 Å². The van der Waals surface area contributed by atoms with E-state index in [1.165, 1.54) is 11.3 Å². The fourth-order valence-electron chi connectivity index (χ4n) is 5.07. The Hall–Kier alpha value is -4.43. The Morgan fingerprint density at radius 1 is 1.02 bits per heavy atom. The zero-order valence-electron chi connectivity index (χ0n) is 23.8. The first kappa shape index (κ1) is 28.1. The van der Waals surface area contributed by atoms with E-state index in [0.29, 0.717) is 33.0 Å². The van der Waals surface area contributed by atoms with E-state index >= 15 is 0 Å². The van der Waals surface area contributed by atoms with Gasteiger partial charge in [0.15, 0.2) is 4.80 Å². The number of thiazole rings is 1. The van der Waals surface area contributed by atoms with E-state index in [1.54, 1.807) is 25.5 Å². The SMILES string of the molecule is CCOC(=O)C1=C(C)N=c2s/c(=C\c3ccc(OC)c(COc4cc(C)cc(C)c4)c3)c(=O)n2C1c1ccccc1. The summed E-state index contributed by atoms with van der Waals surface area (Å²) in [6.45, 7) is 8.16. The van der Waals surface area contributed by atoms with Crippen LogP contribution in [0.25, 0.3) is 6.08 Å². The third kappa shape index (κ3) is 5.88. The number of carbonyl (C=O) groups excluding carboxylic acids is 1. The molecule has 7 nitrogen and oxygen atoms in total. The Morgan fingerprint density at radius 2 is 1.76 bits per heavy atom. The molecule has 210 valence electrons. The third-order valence-electron chi connectivity index (χ3n) is 6.82. The number of aryl methyl sites for hydroxylation is 2. The molecule has 0 aliphatic carbocycles. The zero-order valence-corrected chi connectivity index (χ0v) is 24.6. The summed E-state index contributed by atoms with van der Waals surface area (Å²) in [6, 6.07) is 20.7. The number of nitrogens with zero attached hydrogens (tertiary/aromatic N) is 2. The molecule has 1 aliphatic rings. The van der Waals surface area contributed by atoms with Gasteiger partial charge < -0.3 is 14.2 Å². The number of carbonyl (C=O) groups is 1. The molecule has 1 aromatic heterocycles. The molecule has 1 aliphatic heterocycles. The summed E-state index contributed by atoms with van der Waals surface area (Å²) in [5.41, 5.74) is 5.45. The van der Waals surface area contributed by atoms with Crippen molar-refractivity contribution in [3.05, 3.63) is 126 Å². The summed E-state index contributed by atoms with van der Waals surface area (Å²) >= 11 is 1.29. The lowest BCUT2D eigenvalue weighted by atomic mass is 9.96. The summed E-state index contributed by atoms with van der Waals surface area (Å²) < 4.78 is 19.2. The van der Waals surface area contributed by atoms with Crippen LogP contribution in [0.4, 0.5) is 0 Å². The standard InChI is InChI=1S/C33H32N2O5S/c1-6-39-32(37)29-22(4)34-33-35(30(29)24-10-8-7-9-11-24)31(36)28(41-33)18-23-12-13-27(38-5)25(17-23)19-40-26-15-20(2)14-21(3)16-26/h7-18,30H,6,19H2,1-5H3/b28-18-. The van der Waals surface area contributed by atoms with E-state index < -0.39 is 12.0 Å². The minimum absolute atomic E-state index is 0.222. The van der Waals surface area contributed by atoms with Gasteiger partial charge in [-0.05, 0) is 80.3 Å². The van der Waals surface area contributed by atoms with Crippen molar-refractivity contribution in [2.75, 3.05) is 13.7 Å². The summed E-state index contributed by atoms with van der Waals surface area (Å²) in [5.74, 6) is 1.02. The number of fused-ring (bicyclic) bond motifs is 1. The molecule has 0 radical (unpaired) electrons. The van der Waals surface area contributed by atoms with E-state index in [4.69, 9.17) is 14.2 Å². The van der Waals surface area contributed by atoms with Crippen molar-refractivity contribution in [3.8, 4) is 11.5 Å². The highest BCUT2D eigenvalue weighted by Gasteiger charge is 2.33. The molecule has 3 aromatic carbocycles. The molecule has 5 rings (SSSR count). The number of rotatable bonds is 8. The zero-order chi connectivity index (χ0) is 29.1. The van der Waals surface area contributed by atoms with Crippen molar-refractivity contribution in [2.45, 2.75) is 40.3 Å². The van der Waals surface area contributed by atoms with E-state index in [2.05, 4.69) is 11.1 Å². The van der Waals surface area contributed by atoms with Crippen LogP contribution in [-0.4, -0.2) is 24.3 Å². The predicted molar refractivity (Wildman–Crippen MR) is 160 cm³/mol. The third-order valence-corrected chi connectivity index (χ3v) is 7.81. The first-order valence-corrected chi connectivity index (χ1v) is 14.2. The lowest BCUT2D eigenvalue weighted by molar-refractivity contribution is -0.139. The molecular formula is C33H32N2O5S. The van der Waals surface area contributed by atoms with E-state index in [9.17, 15) is 9.59 Å². The molecule has 8 heteroatoms. The van der Waals surface area contributed by atoms with Gasteiger partial charge in [0.25, 0.3) is 5.56 Å². The van der Waals surface area contributed by atoms with Gasteiger partial charge in [-0.25, -0.2) is 9.79 Å². The van der Waals surface area contributed by atoms with E-state index in [0.717, 1.165) is 33.6 Å². The van der Waals surface area contributed by atoms with Crippen LogP contribution in [0.2, 0.25) is 0 Å². The van der Waals surface area contributed by atoms with Gasteiger partial charge in [-0.3, -0.25) is 9.36 Å². The number of benzene rings is 3. The molecule has 1 unspecified atom stereocenters. The Morgan fingerprint density at radius 3 is 2.44 bits per heavy atom. The summed E-state index contributed by atoms with van der Waals surface area (Å²) in [4.78, 5) is 32.1. The summed E-state index contributed by atoms with van der Waals surface area (Å²) in [7, 11) is 1.63. The Labute approximate surface area is 242 Å². The fourth-order valence-corrected chi connectivity index (χ4v) is 6.12. The molecule has 0 amide bonds. The first-order valence-electron chi connectivity index (χ1n) is 13.4. The van der Waals surface area contributed by atoms with Gasteiger partial charge >= 0.3 is 5.97 Å². The second kappa shape index (κ2) is 12.0. The molecule has 41 heavy (non-hydrogen) atoms. The summed E-state index contributed by atoms with van der Waals surface area (Å²) in [5, 5.41) is 0. The molecule has 1 atom stereocenters. The molecule has 0 fully saturated rings. The molecule has 4 aromatic rings. The first-order chi connectivity index (χ1) is 19.8. The van der Waals surface area contributed by atoms with Crippen LogP contribution < -0.4 is 24.4 Å². The van der Waals surface area contributed by atoms with Crippen molar-refractivity contribution in [1.82, 2.24) is 4.57 Å². The van der Waals surface area contributed by atoms with Gasteiger partial charge in [-0.1, -0.05) is 53.8 Å². The highest BCUT2D eigenvalue weighted by atomic mass is 32.1. The highest BCUT2D eigenvalue weighted by molar-refractivity contribution is 7.07. The number of aromatic nitrogens is 1. The van der Waals surface area contributed by atoms with Crippen LogP contribution in [0.5, 0.6) is 11.5 Å². The molecule has 0 N–H and O–H groups in total. The monoisotopic (exact) mass is 568 g/mol. The maximum Gasteiger partial charge on any atom is 0.338 e. The number of hydrogen-bond acceptors (Lipinski definition) is 7. The van der Waals surface area contributed by atoms with Gasteiger partial charge in [0.1, 0.15) is 18.1 Å². The van der Waals surface area contributed by atoms with Gasteiger partial charge in [-0.2, -0.15) is 0 Å². The number of esters is 1. The minimum atomic E-state index is -0.633. The number of methoxy groups -OCH3 is 1. The van der Waals surface area contributed by atoms with Crippen molar-refractivity contribution >= 4 is 23.4 Å². The fraction of sp³-hybridized carbons (Fsp3) is 0.242. The molecule has 0 saturated heterocycles. The predicted octanol–water partition coefficient (Wildman–Crippen LogP) is 5.00. The lowest BCUT2D eigenvalue weighted by Crippen LogP contribution is -2.39. The summed E-state index contributed by atoms with van der Waals surface area (Å²) in [6.07, 6.45) is 1.84. The second-order valence-electron chi connectivity index (χ2n) is 9.90. The van der Waals surface area contributed by atoms with E-state index in [-0.39, 0.29) is 12.2 Å². The van der Waals surface area contributed by atoms with Gasteiger partial charge in [0.05, 0.1) is 35.6 Å². The lowest BCUT2D eigenvalue weighted by Gasteiger charge is -2.24. The maximum atomic E-state index is 13.9. The van der Waals surface area contributed by atoms with Crippen LogP contribution in [0, 0.1) is 13.8 Å². The average molecular weight is 569 g/mol. The van der Waals surface area contributed by atoms with Crippen LogP contribution in [-0.2, 0) is 16.1 Å². The average Bonchev–Trinajstić information content (AvgIpc) is 3.25. The van der Waals surface area contributed by atoms with Crippen LogP contribution in [0.3, 0.4) is 0 Å². The van der Waals surface area contributed by atoms with Crippen LogP contribution >= 0.6 is 11.3 Å². The van der Waals surface area contributed by atoms with Crippen molar-refractivity contribution < 1.29 is 19.0 Å². The van der Waals surface area contributed by atoms with Crippen LogP contribution in [0.15, 0.2) is 87.8 Å². The molecule has 0 saturated carbocycles. The normalized spacial score (nSPS) is 14.9. The maximum absolute atomic E-state index is 13.9. The quantitative estimate of drug-likeness (QED) is 0.280. The smallest absolute Gasteiger partial charge is 0.338 e. The Balaban J connectivity index is 1.56.